The zero-order valence-electron chi connectivity index (χ0n) is 12.6. The van der Waals surface area contributed by atoms with Gasteiger partial charge in [0, 0.05) is 33.1 Å². The molecule has 0 saturated carbocycles. The van der Waals surface area contributed by atoms with Crippen LogP contribution < -0.4 is 0 Å². The zero-order valence-corrected chi connectivity index (χ0v) is 12.6. The van der Waals surface area contributed by atoms with E-state index in [0.29, 0.717) is 0 Å². The van der Waals surface area contributed by atoms with Crippen molar-refractivity contribution in [1.29, 1.82) is 0 Å². The smallest absolute Gasteiger partial charge is 0.219 e. The molecule has 2 aliphatic rings. The monoisotopic (exact) mass is 254 g/mol. The molecule has 0 aliphatic carbocycles. The summed E-state index contributed by atoms with van der Waals surface area (Å²) in [7, 11) is 0. The highest BCUT2D eigenvalue weighted by Gasteiger charge is 2.40. The van der Waals surface area contributed by atoms with E-state index in [1.165, 1.54) is 38.9 Å². The van der Waals surface area contributed by atoms with Gasteiger partial charge in [-0.3, -0.25) is 4.79 Å². The van der Waals surface area contributed by atoms with Crippen LogP contribution in [0.15, 0.2) is 0 Å². The Balaban J connectivity index is 0.000000771. The minimum Gasteiger partial charge on any atom is -0.342 e. The van der Waals surface area contributed by atoms with E-state index in [1.54, 1.807) is 6.92 Å². The predicted molar refractivity (Wildman–Crippen MR) is 76.5 cm³/mol. The van der Waals surface area contributed by atoms with Gasteiger partial charge in [-0.2, -0.15) is 0 Å². The van der Waals surface area contributed by atoms with Gasteiger partial charge in [-0.1, -0.05) is 33.6 Å². The molecule has 18 heavy (non-hydrogen) atoms. The van der Waals surface area contributed by atoms with Gasteiger partial charge in [0.05, 0.1) is 0 Å². The fourth-order valence-electron chi connectivity index (χ4n) is 3.12. The van der Waals surface area contributed by atoms with Gasteiger partial charge in [0.25, 0.3) is 0 Å². The Morgan fingerprint density at radius 3 is 2.06 bits per heavy atom. The Labute approximate surface area is 113 Å². The van der Waals surface area contributed by atoms with Crippen molar-refractivity contribution >= 4 is 5.91 Å². The van der Waals surface area contributed by atoms with E-state index in [0.717, 1.165) is 24.9 Å². The first-order chi connectivity index (χ1) is 8.70. The van der Waals surface area contributed by atoms with Gasteiger partial charge in [0.2, 0.25) is 5.91 Å². The van der Waals surface area contributed by atoms with Crippen LogP contribution in [-0.2, 0) is 4.79 Å². The van der Waals surface area contributed by atoms with Crippen molar-refractivity contribution in [3.05, 3.63) is 0 Å². The second-order valence-corrected chi connectivity index (χ2v) is 5.41. The Morgan fingerprint density at radius 2 is 1.61 bits per heavy atom. The van der Waals surface area contributed by atoms with Gasteiger partial charge in [-0.05, 0) is 24.8 Å². The number of carbonyl (C=O) groups is 1. The molecule has 3 nitrogen and oxygen atoms in total. The molecule has 2 unspecified atom stereocenters. The maximum Gasteiger partial charge on any atom is 0.219 e. The summed E-state index contributed by atoms with van der Waals surface area (Å²) in [5.41, 5.74) is 0. The van der Waals surface area contributed by atoms with Crippen molar-refractivity contribution in [2.24, 2.45) is 11.8 Å². The van der Waals surface area contributed by atoms with Crippen molar-refractivity contribution in [3.8, 4) is 0 Å². The number of nitrogens with zero attached hydrogens (tertiary/aromatic N) is 2. The molecule has 2 fully saturated rings. The van der Waals surface area contributed by atoms with Crippen LogP contribution in [0.5, 0.6) is 0 Å². The fraction of sp³-hybridized carbons (Fsp3) is 0.933. The van der Waals surface area contributed by atoms with Crippen LogP contribution in [0.3, 0.4) is 0 Å². The Bertz CT molecular complexity index is 241. The largest absolute Gasteiger partial charge is 0.342 e. The normalized spacial score (nSPS) is 26.8. The van der Waals surface area contributed by atoms with E-state index < -0.39 is 0 Å². The van der Waals surface area contributed by atoms with Gasteiger partial charge >= 0.3 is 0 Å². The first-order valence-corrected chi connectivity index (χ1v) is 7.68. The number of fused-ring (bicyclic) bond motifs is 1. The number of hydrogen-bond donors (Lipinski definition) is 0. The average Bonchev–Trinajstić information content (AvgIpc) is 2.90. The summed E-state index contributed by atoms with van der Waals surface area (Å²) in [4.78, 5) is 15.9. The predicted octanol–water partition coefficient (Wildman–Crippen LogP) is 2.61. The molecule has 1 amide bonds. The molecule has 2 saturated heterocycles. The zero-order chi connectivity index (χ0) is 13.5. The topological polar surface area (TPSA) is 23.6 Å². The molecular weight excluding hydrogens is 224 g/mol. The summed E-state index contributed by atoms with van der Waals surface area (Å²) >= 11 is 0. The highest BCUT2D eigenvalue weighted by atomic mass is 16.2. The lowest BCUT2D eigenvalue weighted by atomic mass is 10.0. The molecule has 0 N–H and O–H groups in total. The number of amides is 1. The lowest BCUT2D eigenvalue weighted by Crippen LogP contribution is -2.32. The van der Waals surface area contributed by atoms with E-state index in [-0.39, 0.29) is 5.91 Å². The molecule has 0 radical (unpaired) electrons. The summed E-state index contributed by atoms with van der Waals surface area (Å²) in [6, 6.07) is 0. The average molecular weight is 254 g/mol. The maximum atomic E-state index is 11.3. The molecule has 2 rings (SSSR count). The standard InChI is InChI=1S/C13H24N2O.C2H6/c1-3-4-5-6-14-7-12-9-15(11(2)16)10-13(12)8-14;1-2/h12-13H,3-10H2,1-2H3;1-2H3. The van der Waals surface area contributed by atoms with E-state index in [2.05, 4.69) is 11.8 Å². The van der Waals surface area contributed by atoms with Gasteiger partial charge in [0.15, 0.2) is 0 Å². The van der Waals surface area contributed by atoms with Gasteiger partial charge in [-0.25, -0.2) is 0 Å². The molecule has 106 valence electrons. The van der Waals surface area contributed by atoms with E-state index in [9.17, 15) is 4.79 Å². The van der Waals surface area contributed by atoms with Crippen LogP contribution in [0.1, 0.15) is 47.0 Å². The lowest BCUT2D eigenvalue weighted by molar-refractivity contribution is -0.128. The van der Waals surface area contributed by atoms with Crippen LogP contribution in [0.2, 0.25) is 0 Å². The first kappa shape index (κ1) is 15.5. The number of likely N-dealkylation sites (tertiary alicyclic amines) is 2. The third kappa shape index (κ3) is 3.98. The van der Waals surface area contributed by atoms with Gasteiger partial charge in [-0.15, -0.1) is 0 Å². The molecule has 2 atom stereocenters. The van der Waals surface area contributed by atoms with Crippen LogP contribution in [0.25, 0.3) is 0 Å². The molecular formula is C15H30N2O. The van der Waals surface area contributed by atoms with Crippen molar-refractivity contribution in [3.63, 3.8) is 0 Å². The SMILES string of the molecule is CC.CCCCCN1CC2CN(C(C)=O)CC2C1. The summed E-state index contributed by atoms with van der Waals surface area (Å²) < 4.78 is 0. The van der Waals surface area contributed by atoms with E-state index in [1.807, 2.05) is 18.7 Å². The Kier molecular flexibility index (Phi) is 6.69. The minimum atomic E-state index is 0.256. The van der Waals surface area contributed by atoms with Crippen molar-refractivity contribution in [2.75, 3.05) is 32.7 Å². The van der Waals surface area contributed by atoms with Crippen LogP contribution in [0.4, 0.5) is 0 Å². The fourth-order valence-corrected chi connectivity index (χ4v) is 3.12. The minimum absolute atomic E-state index is 0.256. The molecule has 0 bridgehead atoms. The molecule has 0 aromatic carbocycles. The molecule has 2 heterocycles. The number of rotatable bonds is 4. The molecule has 0 spiro atoms. The van der Waals surface area contributed by atoms with Gasteiger partial charge in [0.1, 0.15) is 0 Å². The summed E-state index contributed by atoms with van der Waals surface area (Å²) in [6.07, 6.45) is 4.00. The van der Waals surface area contributed by atoms with Gasteiger partial charge < -0.3 is 9.80 Å². The van der Waals surface area contributed by atoms with Crippen molar-refractivity contribution < 1.29 is 4.79 Å². The van der Waals surface area contributed by atoms with Crippen molar-refractivity contribution in [2.45, 2.75) is 47.0 Å². The summed E-state index contributed by atoms with van der Waals surface area (Å²) in [5, 5.41) is 0. The van der Waals surface area contributed by atoms with E-state index in [4.69, 9.17) is 0 Å². The second kappa shape index (κ2) is 7.78. The number of hydrogen-bond acceptors (Lipinski definition) is 2. The number of unbranched alkanes of at least 4 members (excludes halogenated alkanes) is 2. The maximum absolute atomic E-state index is 11.3. The van der Waals surface area contributed by atoms with Crippen LogP contribution >= 0.6 is 0 Å². The van der Waals surface area contributed by atoms with E-state index >= 15 is 0 Å². The number of carbonyl (C=O) groups excluding carboxylic acids is 1. The molecule has 0 aromatic heterocycles. The Hall–Kier alpha value is -0.570. The first-order valence-electron chi connectivity index (χ1n) is 7.68. The highest BCUT2D eigenvalue weighted by molar-refractivity contribution is 5.73. The lowest BCUT2D eigenvalue weighted by Gasteiger charge is -2.20. The quantitative estimate of drug-likeness (QED) is 0.720. The van der Waals surface area contributed by atoms with Crippen LogP contribution in [-0.4, -0.2) is 48.4 Å². The third-order valence-corrected chi connectivity index (χ3v) is 4.09. The summed E-state index contributed by atoms with van der Waals surface area (Å²) in [6.45, 7) is 13.7. The van der Waals surface area contributed by atoms with Crippen molar-refractivity contribution in [1.82, 2.24) is 9.80 Å². The van der Waals surface area contributed by atoms with Crippen LogP contribution in [0, 0.1) is 11.8 Å². The Morgan fingerprint density at radius 1 is 1.06 bits per heavy atom. The third-order valence-electron chi connectivity index (χ3n) is 4.09. The molecule has 3 heteroatoms. The summed E-state index contributed by atoms with van der Waals surface area (Å²) in [5.74, 6) is 1.77. The highest BCUT2D eigenvalue weighted by Crippen LogP contribution is 2.31. The molecule has 0 aromatic rings. The molecule has 2 aliphatic heterocycles. The second-order valence-electron chi connectivity index (χ2n) is 5.41.